The number of esters is 1. The molecule has 6 heteroatoms. The molecule has 144 valence electrons. The standard InChI is InChI=1S/C22H22N2O3S/c1-22(2,3)24-17(25)14-27-21(26)19-18(15-10-6-4-7-11-15)23-20(28-19)16-12-8-5-9-13-16/h4-13H,14H2,1-3H3,(H,24,25). The van der Waals surface area contributed by atoms with Crippen molar-refractivity contribution in [2.45, 2.75) is 26.3 Å². The largest absolute Gasteiger partial charge is 0.451 e. The highest BCUT2D eigenvalue weighted by Gasteiger charge is 2.23. The summed E-state index contributed by atoms with van der Waals surface area (Å²) < 4.78 is 5.27. The van der Waals surface area contributed by atoms with E-state index in [-0.39, 0.29) is 18.1 Å². The lowest BCUT2D eigenvalue weighted by Crippen LogP contribution is -2.42. The molecule has 1 aromatic heterocycles. The summed E-state index contributed by atoms with van der Waals surface area (Å²) in [5.41, 5.74) is 1.93. The number of hydrogen-bond donors (Lipinski definition) is 1. The van der Waals surface area contributed by atoms with E-state index in [2.05, 4.69) is 10.3 Å². The van der Waals surface area contributed by atoms with E-state index in [1.807, 2.05) is 81.4 Å². The topological polar surface area (TPSA) is 68.3 Å². The first-order valence-electron chi connectivity index (χ1n) is 8.93. The van der Waals surface area contributed by atoms with Crippen LogP contribution in [-0.4, -0.2) is 29.0 Å². The molecule has 3 aromatic rings. The SMILES string of the molecule is CC(C)(C)NC(=O)COC(=O)c1sc(-c2ccccc2)nc1-c1ccccc1. The van der Waals surface area contributed by atoms with Crippen LogP contribution in [0.15, 0.2) is 60.7 Å². The van der Waals surface area contributed by atoms with E-state index in [1.165, 1.54) is 11.3 Å². The molecule has 3 rings (SSSR count). The minimum atomic E-state index is -0.553. The molecule has 0 spiro atoms. The zero-order valence-corrected chi connectivity index (χ0v) is 16.9. The Morgan fingerprint density at radius 2 is 1.54 bits per heavy atom. The fourth-order valence-corrected chi connectivity index (χ4v) is 3.59. The van der Waals surface area contributed by atoms with Gasteiger partial charge in [0.25, 0.3) is 5.91 Å². The molecule has 0 saturated heterocycles. The summed E-state index contributed by atoms with van der Waals surface area (Å²) in [6, 6.07) is 19.1. The van der Waals surface area contributed by atoms with Gasteiger partial charge < -0.3 is 10.1 Å². The Hall–Kier alpha value is -2.99. The first-order valence-corrected chi connectivity index (χ1v) is 9.75. The molecule has 1 N–H and O–H groups in total. The maximum Gasteiger partial charge on any atom is 0.351 e. The highest BCUT2D eigenvalue weighted by atomic mass is 32.1. The van der Waals surface area contributed by atoms with Crippen molar-refractivity contribution >= 4 is 23.2 Å². The fourth-order valence-electron chi connectivity index (χ4n) is 2.61. The van der Waals surface area contributed by atoms with Crippen molar-refractivity contribution in [1.29, 1.82) is 0 Å². The Bertz CT molecular complexity index is 960. The molecule has 0 unspecified atom stereocenters. The van der Waals surface area contributed by atoms with Crippen LogP contribution in [0.25, 0.3) is 21.8 Å². The van der Waals surface area contributed by atoms with Crippen LogP contribution in [0, 0.1) is 0 Å². The number of ether oxygens (including phenoxy) is 1. The lowest BCUT2D eigenvalue weighted by Gasteiger charge is -2.20. The normalized spacial score (nSPS) is 11.1. The number of nitrogens with zero attached hydrogens (tertiary/aromatic N) is 1. The number of carbonyl (C=O) groups is 2. The minimum absolute atomic E-state index is 0.330. The molecule has 5 nitrogen and oxygen atoms in total. The van der Waals surface area contributed by atoms with Crippen LogP contribution in [0.3, 0.4) is 0 Å². The minimum Gasteiger partial charge on any atom is -0.451 e. The van der Waals surface area contributed by atoms with Gasteiger partial charge in [-0.15, -0.1) is 11.3 Å². The molecule has 0 aliphatic heterocycles. The molecule has 1 heterocycles. The number of nitrogens with one attached hydrogen (secondary N) is 1. The van der Waals surface area contributed by atoms with E-state index >= 15 is 0 Å². The van der Waals surface area contributed by atoms with E-state index in [0.29, 0.717) is 10.6 Å². The molecule has 0 radical (unpaired) electrons. The second-order valence-electron chi connectivity index (χ2n) is 7.30. The maximum atomic E-state index is 12.7. The number of rotatable bonds is 5. The third-order valence-corrected chi connectivity index (χ3v) is 4.81. The Balaban J connectivity index is 1.87. The summed E-state index contributed by atoms with van der Waals surface area (Å²) in [6.07, 6.45) is 0. The zero-order valence-electron chi connectivity index (χ0n) is 16.1. The molecular weight excluding hydrogens is 372 g/mol. The molecule has 28 heavy (non-hydrogen) atoms. The van der Waals surface area contributed by atoms with Gasteiger partial charge in [0.15, 0.2) is 6.61 Å². The Morgan fingerprint density at radius 3 is 2.11 bits per heavy atom. The lowest BCUT2D eigenvalue weighted by atomic mass is 10.1. The maximum absolute atomic E-state index is 12.7. The predicted molar refractivity (Wildman–Crippen MR) is 111 cm³/mol. The number of benzene rings is 2. The van der Waals surface area contributed by atoms with Crippen LogP contribution < -0.4 is 5.32 Å². The zero-order chi connectivity index (χ0) is 20.1. The summed E-state index contributed by atoms with van der Waals surface area (Å²) in [7, 11) is 0. The molecule has 0 fully saturated rings. The first kappa shape index (κ1) is 19.8. The van der Waals surface area contributed by atoms with Crippen molar-refractivity contribution in [1.82, 2.24) is 10.3 Å². The van der Waals surface area contributed by atoms with E-state index in [0.717, 1.165) is 16.1 Å². The molecule has 0 aliphatic carbocycles. The Kier molecular flexibility index (Phi) is 5.90. The quantitative estimate of drug-likeness (QED) is 0.645. The molecule has 0 aliphatic rings. The third kappa shape index (κ3) is 5.04. The first-order chi connectivity index (χ1) is 13.3. The fraction of sp³-hybridized carbons (Fsp3) is 0.227. The number of hydrogen-bond acceptors (Lipinski definition) is 5. The Morgan fingerprint density at radius 1 is 0.964 bits per heavy atom. The van der Waals surface area contributed by atoms with E-state index in [1.54, 1.807) is 0 Å². The van der Waals surface area contributed by atoms with Gasteiger partial charge in [-0.2, -0.15) is 0 Å². The van der Waals surface area contributed by atoms with Gasteiger partial charge in [0.2, 0.25) is 0 Å². The van der Waals surface area contributed by atoms with Crippen molar-refractivity contribution in [3.8, 4) is 21.8 Å². The van der Waals surface area contributed by atoms with Crippen molar-refractivity contribution in [3.05, 3.63) is 65.5 Å². The molecular formula is C22H22N2O3S. The second kappa shape index (κ2) is 8.35. The van der Waals surface area contributed by atoms with Gasteiger partial charge in [-0.05, 0) is 20.8 Å². The average molecular weight is 394 g/mol. The second-order valence-corrected chi connectivity index (χ2v) is 8.30. The van der Waals surface area contributed by atoms with E-state index in [4.69, 9.17) is 4.74 Å². The summed E-state index contributed by atoms with van der Waals surface area (Å²) in [6.45, 7) is 5.28. The van der Waals surface area contributed by atoms with Crippen LogP contribution in [-0.2, 0) is 9.53 Å². The monoisotopic (exact) mass is 394 g/mol. The molecule has 1 amide bonds. The van der Waals surface area contributed by atoms with Crippen LogP contribution >= 0.6 is 11.3 Å². The number of amides is 1. The van der Waals surface area contributed by atoms with Crippen molar-refractivity contribution in [3.63, 3.8) is 0 Å². The van der Waals surface area contributed by atoms with Crippen molar-refractivity contribution < 1.29 is 14.3 Å². The van der Waals surface area contributed by atoms with Gasteiger partial charge in [0.05, 0.1) is 5.69 Å². The van der Waals surface area contributed by atoms with E-state index in [9.17, 15) is 9.59 Å². The van der Waals surface area contributed by atoms with Crippen LogP contribution in [0.2, 0.25) is 0 Å². The van der Waals surface area contributed by atoms with Crippen LogP contribution in [0.5, 0.6) is 0 Å². The van der Waals surface area contributed by atoms with Crippen LogP contribution in [0.1, 0.15) is 30.4 Å². The summed E-state index contributed by atoms with van der Waals surface area (Å²) >= 11 is 1.26. The lowest BCUT2D eigenvalue weighted by molar-refractivity contribution is -0.125. The van der Waals surface area contributed by atoms with Gasteiger partial charge >= 0.3 is 5.97 Å². The molecule has 2 aromatic carbocycles. The molecule has 0 atom stereocenters. The molecule has 0 bridgehead atoms. The number of thiazole rings is 1. The van der Waals surface area contributed by atoms with Crippen LogP contribution in [0.4, 0.5) is 0 Å². The van der Waals surface area contributed by atoms with Gasteiger partial charge in [-0.3, -0.25) is 4.79 Å². The summed E-state index contributed by atoms with van der Waals surface area (Å²) in [4.78, 5) is 29.8. The number of carbonyl (C=O) groups excluding carboxylic acids is 2. The predicted octanol–water partition coefficient (Wildman–Crippen LogP) is 4.55. The average Bonchev–Trinajstić information content (AvgIpc) is 3.12. The van der Waals surface area contributed by atoms with Gasteiger partial charge in [-0.25, -0.2) is 9.78 Å². The van der Waals surface area contributed by atoms with E-state index < -0.39 is 5.97 Å². The number of aromatic nitrogens is 1. The van der Waals surface area contributed by atoms with Gasteiger partial charge in [-0.1, -0.05) is 60.7 Å². The van der Waals surface area contributed by atoms with Crippen molar-refractivity contribution in [2.75, 3.05) is 6.61 Å². The smallest absolute Gasteiger partial charge is 0.351 e. The summed E-state index contributed by atoms with van der Waals surface area (Å²) in [5.74, 6) is -0.891. The highest BCUT2D eigenvalue weighted by Crippen LogP contribution is 2.34. The van der Waals surface area contributed by atoms with Gasteiger partial charge in [0.1, 0.15) is 9.88 Å². The van der Waals surface area contributed by atoms with Crippen molar-refractivity contribution in [2.24, 2.45) is 0 Å². The Labute approximate surface area is 168 Å². The third-order valence-electron chi connectivity index (χ3n) is 3.73. The highest BCUT2D eigenvalue weighted by molar-refractivity contribution is 7.17. The van der Waals surface area contributed by atoms with Gasteiger partial charge in [0, 0.05) is 16.7 Å². The summed E-state index contributed by atoms with van der Waals surface area (Å²) in [5, 5.41) is 3.50. The molecule has 0 saturated carbocycles.